The number of nitrogens with zero attached hydrogens (tertiary/aromatic N) is 3. The van der Waals surface area contributed by atoms with Crippen LogP contribution in [0.1, 0.15) is 25.1 Å². The van der Waals surface area contributed by atoms with Gasteiger partial charge in [0, 0.05) is 43.7 Å². The highest BCUT2D eigenvalue weighted by molar-refractivity contribution is 6.28. The third-order valence-electron chi connectivity index (χ3n) is 9.87. The molecule has 206 valence electrons. The Balaban J connectivity index is 1.39. The maximum absolute atomic E-state index is 5.60. The van der Waals surface area contributed by atoms with E-state index >= 15 is 0 Å². The molecular weight excluding hydrogens is 534 g/mol. The van der Waals surface area contributed by atoms with Gasteiger partial charge in [-0.2, -0.15) is 0 Å². The van der Waals surface area contributed by atoms with Gasteiger partial charge in [0.25, 0.3) is 0 Å². The number of pyridine rings is 1. The highest BCUT2D eigenvalue weighted by Gasteiger charge is 2.39. The van der Waals surface area contributed by atoms with E-state index in [0.29, 0.717) is 0 Å². The van der Waals surface area contributed by atoms with Crippen molar-refractivity contribution in [2.75, 3.05) is 0 Å². The first kappa shape index (κ1) is 24.0. The molecule has 3 nitrogen and oxygen atoms in total. The topological polar surface area (TPSA) is 30.2 Å². The quantitative estimate of drug-likeness (QED) is 0.155. The van der Waals surface area contributed by atoms with Crippen LogP contribution in [0.15, 0.2) is 127 Å². The molecule has 10 rings (SSSR count). The van der Waals surface area contributed by atoms with Crippen molar-refractivity contribution in [2.24, 2.45) is 0 Å². The smallest absolute Gasteiger partial charge is 0.0976 e. The zero-order valence-corrected chi connectivity index (χ0v) is 24.5. The fourth-order valence-electron chi connectivity index (χ4n) is 7.92. The van der Waals surface area contributed by atoms with Gasteiger partial charge >= 0.3 is 0 Å². The van der Waals surface area contributed by atoms with E-state index in [9.17, 15) is 0 Å². The van der Waals surface area contributed by atoms with Crippen LogP contribution in [0.2, 0.25) is 0 Å². The van der Waals surface area contributed by atoms with E-state index in [4.69, 9.17) is 9.97 Å². The van der Waals surface area contributed by atoms with Crippen LogP contribution in [0.25, 0.3) is 82.6 Å². The molecule has 0 atom stereocenters. The lowest BCUT2D eigenvalue weighted by Gasteiger charge is -2.21. The van der Waals surface area contributed by atoms with Gasteiger partial charge in [0.2, 0.25) is 0 Å². The Kier molecular flexibility index (Phi) is 4.52. The van der Waals surface area contributed by atoms with Crippen LogP contribution >= 0.6 is 0 Å². The number of hydrogen-bond acceptors (Lipinski definition) is 2. The van der Waals surface area contributed by atoms with Crippen molar-refractivity contribution >= 4 is 48.9 Å². The molecule has 0 saturated heterocycles. The molecule has 6 aromatic carbocycles. The molecule has 3 heteroatoms. The maximum atomic E-state index is 5.60. The Morgan fingerprint density at radius 1 is 0.500 bits per heavy atom. The second-order valence-corrected chi connectivity index (χ2v) is 12.6. The molecule has 9 aromatic rings. The maximum Gasteiger partial charge on any atom is 0.0976 e. The minimum atomic E-state index is -0.252. The Labute approximate surface area is 254 Å². The summed E-state index contributed by atoms with van der Waals surface area (Å²) >= 11 is 0. The van der Waals surface area contributed by atoms with Crippen molar-refractivity contribution in [2.45, 2.75) is 19.3 Å². The number of para-hydroxylation sites is 1. The van der Waals surface area contributed by atoms with Crippen LogP contribution in [0.4, 0.5) is 0 Å². The fourth-order valence-corrected chi connectivity index (χ4v) is 7.92. The van der Waals surface area contributed by atoms with Crippen LogP contribution in [-0.4, -0.2) is 14.4 Å². The van der Waals surface area contributed by atoms with Gasteiger partial charge in [-0.3, -0.25) is 0 Å². The zero-order valence-electron chi connectivity index (χ0n) is 24.5. The van der Waals surface area contributed by atoms with Crippen LogP contribution in [-0.2, 0) is 5.41 Å². The van der Waals surface area contributed by atoms with E-state index in [1.54, 1.807) is 0 Å². The first-order valence-corrected chi connectivity index (χ1v) is 15.3. The monoisotopic (exact) mass is 561 g/mol. The first-order valence-electron chi connectivity index (χ1n) is 15.3. The second-order valence-electron chi connectivity index (χ2n) is 12.6. The molecule has 0 N–H and O–H groups in total. The summed E-state index contributed by atoms with van der Waals surface area (Å²) in [5.74, 6) is 0. The molecule has 0 fully saturated rings. The number of aromatic nitrogens is 3. The van der Waals surface area contributed by atoms with Crippen molar-refractivity contribution in [3.63, 3.8) is 0 Å². The molecule has 0 spiro atoms. The van der Waals surface area contributed by atoms with Crippen LogP contribution in [0.5, 0.6) is 0 Å². The predicted molar refractivity (Wildman–Crippen MR) is 183 cm³/mol. The molecule has 0 radical (unpaired) electrons. The van der Waals surface area contributed by atoms with E-state index in [-0.39, 0.29) is 5.41 Å². The van der Waals surface area contributed by atoms with Gasteiger partial charge < -0.3 is 4.40 Å². The summed E-state index contributed by atoms with van der Waals surface area (Å²) < 4.78 is 2.47. The Hall–Kier alpha value is -5.54. The third kappa shape index (κ3) is 2.91. The van der Waals surface area contributed by atoms with Crippen LogP contribution in [0, 0.1) is 0 Å². The van der Waals surface area contributed by atoms with Gasteiger partial charge in [-0.05, 0) is 28.5 Å². The van der Waals surface area contributed by atoms with Crippen molar-refractivity contribution in [3.8, 4) is 33.8 Å². The number of rotatable bonds is 2. The zero-order chi connectivity index (χ0) is 29.2. The molecule has 0 saturated carbocycles. The van der Waals surface area contributed by atoms with Crippen molar-refractivity contribution < 1.29 is 0 Å². The fraction of sp³-hybridized carbons (Fsp3) is 0.0732. The van der Waals surface area contributed by atoms with E-state index in [1.807, 2.05) is 0 Å². The highest BCUT2D eigenvalue weighted by atomic mass is 14.9. The van der Waals surface area contributed by atoms with Gasteiger partial charge in [0.1, 0.15) is 0 Å². The summed E-state index contributed by atoms with van der Waals surface area (Å²) in [7, 11) is 0. The SMILES string of the molecule is CC1(C)c2ccccc2-c2nc(-c3ccccc3)c(-c3cccc4c3c3cccc5c6cccc7cccc(c76)n4c53)nc21. The molecule has 0 amide bonds. The summed E-state index contributed by atoms with van der Waals surface area (Å²) in [6, 6.07) is 45.9. The Morgan fingerprint density at radius 2 is 1.16 bits per heavy atom. The van der Waals surface area contributed by atoms with Crippen molar-refractivity contribution in [1.29, 1.82) is 0 Å². The number of benzene rings is 6. The van der Waals surface area contributed by atoms with Gasteiger partial charge in [-0.1, -0.05) is 129 Å². The lowest BCUT2D eigenvalue weighted by atomic mass is 9.85. The predicted octanol–water partition coefficient (Wildman–Crippen LogP) is 10.4. The third-order valence-corrected chi connectivity index (χ3v) is 9.87. The van der Waals surface area contributed by atoms with E-state index < -0.39 is 0 Å². The Bertz CT molecular complexity index is 2620. The average molecular weight is 562 g/mol. The lowest BCUT2D eigenvalue weighted by molar-refractivity contribution is 0.636. The van der Waals surface area contributed by atoms with E-state index in [2.05, 4.69) is 146 Å². The summed E-state index contributed by atoms with van der Waals surface area (Å²) in [6.07, 6.45) is 0. The van der Waals surface area contributed by atoms with E-state index in [0.717, 1.165) is 33.9 Å². The summed E-state index contributed by atoms with van der Waals surface area (Å²) in [5, 5.41) is 7.59. The van der Waals surface area contributed by atoms with Gasteiger partial charge in [0.05, 0.1) is 39.3 Å². The first-order chi connectivity index (χ1) is 21.6. The minimum Gasteiger partial charge on any atom is -0.308 e. The van der Waals surface area contributed by atoms with Crippen molar-refractivity contribution in [3.05, 3.63) is 139 Å². The number of fused-ring (bicyclic) bond motifs is 8. The molecule has 44 heavy (non-hydrogen) atoms. The highest BCUT2D eigenvalue weighted by Crippen LogP contribution is 2.50. The van der Waals surface area contributed by atoms with Gasteiger partial charge in [-0.25, -0.2) is 9.97 Å². The molecule has 3 heterocycles. The van der Waals surface area contributed by atoms with Crippen LogP contribution in [0.3, 0.4) is 0 Å². The van der Waals surface area contributed by atoms with Gasteiger partial charge in [-0.15, -0.1) is 0 Å². The molecule has 1 aliphatic rings. The standard InChI is InChI=1S/C41H27N3/c1-41(2)31-21-7-6-16-28(31)38-40(41)43-37(36(42-38)25-12-4-3-5-13-25)29-19-11-23-33-35(29)30-20-10-18-27-26-17-8-14-24-15-9-22-32(34(24)26)44(33)39(27)30/h3-23H,1-2H3. The normalized spacial score (nSPS) is 13.9. The molecular formula is C41H27N3. The lowest BCUT2D eigenvalue weighted by Crippen LogP contribution is -2.17. The largest absolute Gasteiger partial charge is 0.308 e. The molecule has 0 unspecified atom stereocenters. The molecule has 3 aromatic heterocycles. The number of hydrogen-bond donors (Lipinski definition) is 0. The molecule has 1 aliphatic carbocycles. The second kappa shape index (κ2) is 8.30. The summed E-state index contributed by atoms with van der Waals surface area (Å²) in [6.45, 7) is 4.55. The van der Waals surface area contributed by atoms with Crippen LogP contribution < -0.4 is 0 Å². The van der Waals surface area contributed by atoms with E-state index in [1.165, 1.54) is 60.0 Å². The molecule has 0 bridgehead atoms. The van der Waals surface area contributed by atoms with Crippen molar-refractivity contribution in [1.82, 2.24) is 14.4 Å². The molecule has 0 aliphatic heterocycles. The van der Waals surface area contributed by atoms with Gasteiger partial charge in [0.15, 0.2) is 0 Å². The average Bonchev–Trinajstić information content (AvgIpc) is 3.53. The minimum absolute atomic E-state index is 0.252. The summed E-state index contributed by atoms with van der Waals surface area (Å²) in [4.78, 5) is 11.1. The Morgan fingerprint density at radius 3 is 2.02 bits per heavy atom. The summed E-state index contributed by atoms with van der Waals surface area (Å²) in [5.41, 5.74) is 11.9.